The minimum atomic E-state index is 0. The molecule has 252 valence electrons. The number of benzene rings is 6. The zero-order chi connectivity index (χ0) is 35.3. The number of hydrogen-bond donors (Lipinski definition) is 0. The van der Waals surface area contributed by atoms with Gasteiger partial charge in [-0.3, -0.25) is 0 Å². The molecule has 0 saturated heterocycles. The van der Waals surface area contributed by atoms with Gasteiger partial charge in [-0.05, 0) is 74.5 Å². The van der Waals surface area contributed by atoms with Crippen molar-refractivity contribution < 1.29 is 2.85 Å². The predicted molar refractivity (Wildman–Crippen MR) is 236 cm³/mol. The minimum absolute atomic E-state index is 0. The monoisotopic (exact) mass is 1030 g/mol. The molecule has 6 nitrogen and oxygen atoms in total. The third kappa shape index (κ3) is 12.2. The van der Waals surface area contributed by atoms with E-state index >= 15 is 0 Å². The summed E-state index contributed by atoms with van der Waals surface area (Å²) >= 11 is 25.1. The molecule has 0 radical (unpaired) electrons. The molecule has 13 heteroatoms. The second-order valence-electron chi connectivity index (χ2n) is 10.2. The van der Waals surface area contributed by atoms with E-state index < -0.39 is 0 Å². The molecule has 2 heterocycles. The Kier molecular flexibility index (Phi) is 17.1. The Morgan fingerprint density at radius 2 is 0.765 bits per heavy atom. The summed E-state index contributed by atoms with van der Waals surface area (Å²) in [6, 6.07) is 48.1. The molecule has 0 aliphatic heterocycles. The van der Waals surface area contributed by atoms with Crippen LogP contribution in [0.4, 0.5) is 0 Å². The van der Waals surface area contributed by atoms with Crippen molar-refractivity contribution in [3.8, 4) is 34.2 Å². The maximum atomic E-state index is 6.11. The number of hydrogen-bond acceptors (Lipinski definition) is 6. The molecule has 0 unspecified atom stereocenters. The number of rotatable bonds is 3. The molecule has 51 heavy (non-hydrogen) atoms. The maximum Gasteiger partial charge on any atom is 2.00 e. The smallest absolute Gasteiger partial charge is 1.00 e. The average Bonchev–Trinajstić information content (AvgIpc) is 3.16. The van der Waals surface area contributed by atoms with Crippen molar-refractivity contribution in [3.05, 3.63) is 166 Å². The summed E-state index contributed by atoms with van der Waals surface area (Å²) in [6.07, 6.45) is 0. The van der Waals surface area contributed by atoms with E-state index in [2.05, 4.69) is 150 Å². The van der Waals surface area contributed by atoms with E-state index in [0.29, 0.717) is 17.5 Å². The first-order valence-corrected chi connectivity index (χ1v) is 23.0. The van der Waals surface area contributed by atoms with E-state index in [0.717, 1.165) is 26.5 Å². The summed E-state index contributed by atoms with van der Waals surface area (Å²) in [6.45, 7) is 0. The molecule has 0 aliphatic carbocycles. The quantitative estimate of drug-likeness (QED) is 0.130. The SMILES string of the molecule is Brc1ccc2ccccc2c1.Clc1nc(-c2ccccc2)nc(-c2ccc3ccccc3c2)n1.Clc1nc(Cl)nc(-c2ccccc2)n1.II.[H-].[H-].[Mg+2]. The molecular formula is C38H26BrCl3I2MgN6. The third-order valence-corrected chi connectivity index (χ3v) is 7.97. The van der Waals surface area contributed by atoms with E-state index in [4.69, 9.17) is 34.8 Å². The van der Waals surface area contributed by atoms with Gasteiger partial charge in [0.2, 0.25) is 15.9 Å². The molecule has 0 spiro atoms. The minimum Gasteiger partial charge on any atom is -1.00 e. The molecule has 0 fully saturated rings. The summed E-state index contributed by atoms with van der Waals surface area (Å²) in [7, 11) is 0. The Morgan fingerprint density at radius 3 is 1.27 bits per heavy atom. The van der Waals surface area contributed by atoms with Crippen LogP contribution in [0.2, 0.25) is 15.9 Å². The largest absolute Gasteiger partial charge is 2.00 e. The van der Waals surface area contributed by atoms with Crippen LogP contribution in [-0.4, -0.2) is 53.0 Å². The Hall–Kier alpha value is -2.56. The van der Waals surface area contributed by atoms with Crippen LogP contribution in [0, 0.1) is 0 Å². The molecule has 0 bridgehead atoms. The van der Waals surface area contributed by atoms with Gasteiger partial charge in [0.25, 0.3) is 0 Å². The zero-order valence-corrected chi connectivity index (χ0v) is 36.1. The molecule has 8 rings (SSSR count). The first-order valence-electron chi connectivity index (χ1n) is 14.8. The van der Waals surface area contributed by atoms with Crippen LogP contribution in [0.25, 0.3) is 55.7 Å². The van der Waals surface area contributed by atoms with Crippen molar-refractivity contribution in [1.82, 2.24) is 29.9 Å². The number of aromatic nitrogens is 6. The van der Waals surface area contributed by atoms with Crippen molar-refractivity contribution in [2.45, 2.75) is 0 Å². The van der Waals surface area contributed by atoms with Crippen molar-refractivity contribution in [2.24, 2.45) is 0 Å². The van der Waals surface area contributed by atoms with E-state index in [9.17, 15) is 0 Å². The van der Waals surface area contributed by atoms with Crippen LogP contribution in [-0.2, 0) is 0 Å². The van der Waals surface area contributed by atoms with Crippen LogP contribution < -0.4 is 0 Å². The summed E-state index contributed by atoms with van der Waals surface area (Å²) in [5.41, 5.74) is 2.70. The Morgan fingerprint density at radius 1 is 0.392 bits per heavy atom. The third-order valence-electron chi connectivity index (χ3n) is 6.97. The molecule has 0 saturated carbocycles. The molecule has 0 aliphatic rings. The van der Waals surface area contributed by atoms with E-state index in [1.54, 1.807) is 0 Å². The number of nitrogens with zero attached hydrogens (tertiary/aromatic N) is 6. The van der Waals surface area contributed by atoms with Crippen LogP contribution in [0.3, 0.4) is 0 Å². The fourth-order valence-electron chi connectivity index (χ4n) is 4.73. The Labute approximate surface area is 361 Å². The normalized spacial score (nSPS) is 10.0. The van der Waals surface area contributed by atoms with Crippen molar-refractivity contribution in [3.63, 3.8) is 0 Å². The molecule has 6 aromatic carbocycles. The van der Waals surface area contributed by atoms with Gasteiger partial charge in [0, 0.05) is 58.4 Å². The fraction of sp³-hybridized carbons (Fsp3) is 0. The van der Waals surface area contributed by atoms with E-state index in [1.165, 1.54) is 16.2 Å². The molecule has 0 amide bonds. The first kappa shape index (κ1) is 41.2. The first-order chi connectivity index (χ1) is 24.4. The van der Waals surface area contributed by atoms with Gasteiger partial charge in [-0.1, -0.05) is 143 Å². The predicted octanol–water partition coefficient (Wildman–Crippen LogP) is 13.1. The van der Waals surface area contributed by atoms with E-state index in [-0.39, 0.29) is 41.8 Å². The van der Waals surface area contributed by atoms with Gasteiger partial charge in [-0.25, -0.2) is 4.98 Å². The van der Waals surface area contributed by atoms with Gasteiger partial charge < -0.3 is 2.85 Å². The van der Waals surface area contributed by atoms with Gasteiger partial charge in [0.05, 0.1) is 0 Å². The van der Waals surface area contributed by atoms with Gasteiger partial charge >= 0.3 is 23.1 Å². The molecule has 0 atom stereocenters. The average molecular weight is 1030 g/mol. The Balaban J connectivity index is 0.000000280. The fourth-order valence-corrected chi connectivity index (χ4v) is 5.63. The topological polar surface area (TPSA) is 77.3 Å². The summed E-state index contributed by atoms with van der Waals surface area (Å²) < 4.78 is 1.14. The molecule has 8 aromatic rings. The van der Waals surface area contributed by atoms with Gasteiger partial charge in [-0.2, -0.15) is 24.9 Å². The van der Waals surface area contributed by atoms with Gasteiger partial charge in [0.15, 0.2) is 17.5 Å². The summed E-state index contributed by atoms with van der Waals surface area (Å²) in [5.74, 6) is 1.64. The van der Waals surface area contributed by atoms with Crippen molar-refractivity contribution >= 4 is 133 Å². The Bertz CT molecular complexity index is 2320. The van der Waals surface area contributed by atoms with Crippen LogP contribution in [0.5, 0.6) is 0 Å². The number of fused-ring (bicyclic) bond motifs is 2. The van der Waals surface area contributed by atoms with Crippen LogP contribution in [0.15, 0.2) is 150 Å². The summed E-state index contributed by atoms with van der Waals surface area (Å²) in [5, 5.41) is 5.29. The zero-order valence-electron chi connectivity index (χ0n) is 28.5. The van der Waals surface area contributed by atoms with Gasteiger partial charge in [-0.15, -0.1) is 0 Å². The second-order valence-corrected chi connectivity index (χ2v) is 12.2. The number of halogens is 6. The van der Waals surface area contributed by atoms with Crippen LogP contribution >= 0.6 is 88.0 Å². The van der Waals surface area contributed by atoms with E-state index in [1.807, 2.05) is 78.9 Å². The molecular weight excluding hydrogens is 1000 g/mol. The molecule has 2 aromatic heterocycles. The van der Waals surface area contributed by atoms with Crippen molar-refractivity contribution in [2.75, 3.05) is 0 Å². The van der Waals surface area contributed by atoms with Crippen molar-refractivity contribution in [1.29, 1.82) is 0 Å². The summed E-state index contributed by atoms with van der Waals surface area (Å²) in [4.78, 5) is 24.7. The maximum absolute atomic E-state index is 6.11. The standard InChI is InChI=1S/C19H12ClN3.C10H7Br.C9H5Cl2N3.I2.Mg.2H/c20-19-22-17(14-7-2-1-3-8-14)21-18(23-19)16-11-10-13-6-4-5-9-15(13)12-16;11-10-6-5-8-3-1-2-4-9(8)7-10;10-8-12-7(13-9(11)14-8)6-4-2-1-3-5-6;1-2;;;/h1-12H;1-7H;1-5H;;;;/q;;;;+2;2*-1. The molecule has 0 N–H and O–H groups in total. The second kappa shape index (κ2) is 21.2. The van der Waals surface area contributed by atoms with Gasteiger partial charge in [0.1, 0.15) is 0 Å². The van der Waals surface area contributed by atoms with Crippen LogP contribution in [0.1, 0.15) is 2.85 Å².